The molecule has 0 heterocycles. The Labute approximate surface area is 147 Å². The van der Waals surface area contributed by atoms with Crippen LogP contribution in [0.15, 0.2) is 29.2 Å². The van der Waals surface area contributed by atoms with Gasteiger partial charge in [-0.2, -0.15) is 8.78 Å². The molecule has 25 heavy (non-hydrogen) atoms. The zero-order valence-corrected chi connectivity index (χ0v) is 15.4. The highest BCUT2D eigenvalue weighted by Crippen LogP contribution is 2.25. The lowest BCUT2D eigenvalue weighted by molar-refractivity contribution is 0.234. The molecule has 142 valence electrons. The third-order valence-corrected chi connectivity index (χ3v) is 5.22. The van der Waals surface area contributed by atoms with Crippen molar-refractivity contribution in [2.24, 2.45) is 0 Å². The van der Waals surface area contributed by atoms with Crippen molar-refractivity contribution < 1.29 is 22.0 Å². The second-order valence-electron chi connectivity index (χ2n) is 5.96. The molecule has 0 aliphatic heterocycles. The van der Waals surface area contributed by atoms with Crippen molar-refractivity contribution in [3.63, 3.8) is 0 Å². The molecular weight excluding hydrogens is 352 g/mol. The van der Waals surface area contributed by atoms with E-state index in [9.17, 15) is 22.0 Å². The first kappa shape index (κ1) is 21.3. The normalized spacial score (nSPS) is 12.0. The van der Waals surface area contributed by atoms with Crippen LogP contribution in [-0.2, 0) is 9.84 Å². The highest BCUT2D eigenvalue weighted by Gasteiger charge is 2.29. The Balaban J connectivity index is 2.54. The lowest BCUT2D eigenvalue weighted by atomic mass is 10.2. The van der Waals surface area contributed by atoms with Crippen molar-refractivity contribution in [3.8, 4) is 0 Å². The summed E-state index contributed by atoms with van der Waals surface area (Å²) in [6.45, 7) is 5.49. The number of nitrogens with zero attached hydrogens (tertiary/aromatic N) is 1. The number of amides is 2. The molecule has 1 rings (SSSR count). The van der Waals surface area contributed by atoms with Crippen LogP contribution in [0.3, 0.4) is 0 Å². The van der Waals surface area contributed by atoms with E-state index in [4.69, 9.17) is 0 Å². The summed E-state index contributed by atoms with van der Waals surface area (Å²) in [5.74, 6) is -3.54. The lowest BCUT2D eigenvalue weighted by Crippen LogP contribution is -2.31. The molecule has 6 nitrogen and oxygen atoms in total. The topological polar surface area (TPSA) is 78.5 Å². The maximum atomic E-state index is 12.7. The summed E-state index contributed by atoms with van der Waals surface area (Å²) >= 11 is 0. The fourth-order valence-electron chi connectivity index (χ4n) is 2.03. The molecule has 0 saturated carbocycles. The molecule has 0 radical (unpaired) electrons. The van der Waals surface area contributed by atoms with Crippen LogP contribution in [0.25, 0.3) is 0 Å². The van der Waals surface area contributed by atoms with Crippen molar-refractivity contribution in [1.29, 1.82) is 0 Å². The van der Waals surface area contributed by atoms with Gasteiger partial charge in [0.05, 0.1) is 10.6 Å². The highest BCUT2D eigenvalue weighted by molar-refractivity contribution is 7.91. The summed E-state index contributed by atoms with van der Waals surface area (Å²) in [5, 5.41) is 4.91. The largest absolute Gasteiger partial charge is 0.341 e. The number of para-hydroxylation sites is 1. The summed E-state index contributed by atoms with van der Waals surface area (Å²) in [6.07, 6.45) is 1.65. The maximum absolute atomic E-state index is 12.7. The fourth-order valence-corrected chi connectivity index (χ4v) is 2.91. The van der Waals surface area contributed by atoms with Gasteiger partial charge in [-0.15, -0.1) is 0 Å². The van der Waals surface area contributed by atoms with E-state index in [1.165, 1.54) is 18.2 Å². The minimum absolute atomic E-state index is 0.167. The summed E-state index contributed by atoms with van der Waals surface area (Å²) in [6, 6.07) is 4.91. The molecule has 1 aromatic rings. The van der Waals surface area contributed by atoms with Crippen LogP contribution < -0.4 is 10.6 Å². The highest BCUT2D eigenvalue weighted by atomic mass is 32.2. The zero-order chi connectivity index (χ0) is 19.0. The van der Waals surface area contributed by atoms with E-state index >= 15 is 0 Å². The van der Waals surface area contributed by atoms with Crippen LogP contribution in [0.4, 0.5) is 19.3 Å². The van der Waals surface area contributed by atoms with Gasteiger partial charge < -0.3 is 15.5 Å². The Bertz CT molecular complexity index is 666. The van der Waals surface area contributed by atoms with Gasteiger partial charge in [-0.25, -0.2) is 13.2 Å². The van der Waals surface area contributed by atoms with Gasteiger partial charge in [-0.1, -0.05) is 12.1 Å². The van der Waals surface area contributed by atoms with Gasteiger partial charge in [0, 0.05) is 12.6 Å². The molecule has 2 amide bonds. The second kappa shape index (κ2) is 9.67. The van der Waals surface area contributed by atoms with Crippen LogP contribution in [-0.4, -0.2) is 51.3 Å². The Hall–Kier alpha value is -1.74. The molecule has 0 unspecified atom stereocenters. The Morgan fingerprint density at radius 1 is 1.20 bits per heavy atom. The third-order valence-electron chi connectivity index (χ3n) is 3.78. The van der Waals surface area contributed by atoms with Gasteiger partial charge in [-0.3, -0.25) is 0 Å². The number of sulfone groups is 1. The Kier molecular flexibility index (Phi) is 8.24. The zero-order valence-electron chi connectivity index (χ0n) is 14.6. The smallest absolute Gasteiger partial charge is 0.338 e. The molecule has 0 aliphatic carbocycles. The van der Waals surface area contributed by atoms with E-state index in [1.54, 1.807) is 0 Å². The maximum Gasteiger partial charge on any atom is 0.341 e. The van der Waals surface area contributed by atoms with E-state index in [1.807, 2.05) is 7.05 Å². The average Bonchev–Trinajstić information content (AvgIpc) is 2.54. The monoisotopic (exact) mass is 377 g/mol. The van der Waals surface area contributed by atoms with Gasteiger partial charge in [0.1, 0.15) is 0 Å². The van der Waals surface area contributed by atoms with Gasteiger partial charge in [0.2, 0.25) is 9.84 Å². The number of halogens is 2. The number of rotatable bonds is 9. The molecule has 0 aliphatic rings. The molecule has 0 atom stereocenters. The second-order valence-corrected chi connectivity index (χ2v) is 7.85. The van der Waals surface area contributed by atoms with Crippen molar-refractivity contribution in [2.75, 3.05) is 25.5 Å². The molecule has 2 N–H and O–H groups in total. The van der Waals surface area contributed by atoms with E-state index in [-0.39, 0.29) is 5.69 Å². The SMILES string of the molecule is CC(C)N(C)CCCCNC(=O)Nc1ccccc1S(=O)(=O)C(F)F. The average molecular weight is 377 g/mol. The Morgan fingerprint density at radius 2 is 1.84 bits per heavy atom. The number of hydrogen-bond acceptors (Lipinski definition) is 4. The van der Waals surface area contributed by atoms with Crippen molar-refractivity contribution in [1.82, 2.24) is 10.2 Å². The molecule has 0 bridgehead atoms. The first-order valence-corrected chi connectivity index (χ1v) is 9.57. The predicted octanol–water partition coefficient (Wildman–Crippen LogP) is 2.92. The van der Waals surface area contributed by atoms with Crippen molar-refractivity contribution in [2.45, 2.75) is 43.4 Å². The van der Waals surface area contributed by atoms with Crippen molar-refractivity contribution >= 4 is 21.6 Å². The number of hydrogen-bond donors (Lipinski definition) is 2. The van der Waals surface area contributed by atoms with Crippen LogP contribution in [0, 0.1) is 0 Å². The number of carbonyl (C=O) groups is 1. The first-order chi connectivity index (χ1) is 11.7. The molecule has 1 aromatic carbocycles. The summed E-state index contributed by atoms with van der Waals surface area (Å²) in [5.41, 5.74) is -0.167. The number of unbranched alkanes of at least 4 members (excludes halogenated alkanes) is 1. The van der Waals surface area contributed by atoms with E-state index in [0.29, 0.717) is 12.6 Å². The molecule has 0 spiro atoms. The van der Waals surface area contributed by atoms with E-state index < -0.39 is 26.5 Å². The minimum Gasteiger partial charge on any atom is -0.338 e. The third kappa shape index (κ3) is 6.58. The van der Waals surface area contributed by atoms with Gasteiger partial charge in [-0.05, 0) is 52.4 Å². The Morgan fingerprint density at radius 3 is 2.44 bits per heavy atom. The molecule has 0 saturated heterocycles. The number of anilines is 1. The summed E-state index contributed by atoms with van der Waals surface area (Å²) < 4.78 is 48.7. The predicted molar refractivity (Wildman–Crippen MR) is 93.7 cm³/mol. The van der Waals surface area contributed by atoms with Crippen LogP contribution in [0.5, 0.6) is 0 Å². The van der Waals surface area contributed by atoms with Crippen molar-refractivity contribution in [3.05, 3.63) is 24.3 Å². The summed E-state index contributed by atoms with van der Waals surface area (Å²) in [7, 11) is -2.76. The first-order valence-electron chi connectivity index (χ1n) is 8.02. The number of benzene rings is 1. The van der Waals surface area contributed by atoms with Crippen LogP contribution in [0.1, 0.15) is 26.7 Å². The number of nitrogens with one attached hydrogen (secondary N) is 2. The van der Waals surface area contributed by atoms with E-state index in [0.717, 1.165) is 25.5 Å². The standard InChI is InChI=1S/C16H25F2N3O3S/c1-12(2)21(3)11-7-6-10-19-16(22)20-13-8-4-5-9-14(13)25(23,24)15(17)18/h4-5,8-9,12,15H,6-7,10-11H2,1-3H3,(H2,19,20,22). The molecule has 0 aromatic heterocycles. The molecule has 0 fully saturated rings. The van der Waals surface area contributed by atoms with Gasteiger partial charge >= 0.3 is 11.8 Å². The summed E-state index contributed by atoms with van der Waals surface area (Å²) in [4.78, 5) is 13.4. The van der Waals surface area contributed by atoms with Crippen LogP contribution >= 0.6 is 0 Å². The quantitative estimate of drug-likeness (QED) is 0.649. The van der Waals surface area contributed by atoms with Crippen LogP contribution in [0.2, 0.25) is 0 Å². The lowest BCUT2D eigenvalue weighted by Gasteiger charge is -2.20. The van der Waals surface area contributed by atoms with E-state index in [2.05, 4.69) is 29.4 Å². The molecule has 9 heteroatoms. The molecular formula is C16H25F2N3O3S. The number of urea groups is 1. The minimum atomic E-state index is -4.78. The van der Waals surface area contributed by atoms with Gasteiger partial charge in [0.15, 0.2) is 0 Å². The number of carbonyl (C=O) groups excluding carboxylic acids is 1. The number of alkyl halides is 2. The fraction of sp³-hybridized carbons (Fsp3) is 0.562. The van der Waals surface area contributed by atoms with Gasteiger partial charge in [0.25, 0.3) is 0 Å².